The molecular weight excluding hydrogens is 196 g/mol. The summed E-state index contributed by atoms with van der Waals surface area (Å²) < 4.78 is 23.5. The zero-order valence-electron chi connectivity index (χ0n) is 6.64. The maximum atomic E-state index is 11.0. The van der Waals surface area contributed by atoms with Gasteiger partial charge in [-0.05, 0) is 0 Å². The third-order valence-corrected chi connectivity index (χ3v) is 2.63. The summed E-state index contributed by atoms with van der Waals surface area (Å²) in [5, 5.41) is 3.86. The van der Waals surface area contributed by atoms with Gasteiger partial charge in [-0.1, -0.05) is 0 Å². The van der Waals surface area contributed by atoms with Crippen LogP contribution in [0.25, 0.3) is 0 Å². The van der Waals surface area contributed by atoms with Gasteiger partial charge in [-0.25, -0.2) is 8.42 Å². The fourth-order valence-electron chi connectivity index (χ4n) is 0.761. The molecule has 0 atom stereocenters. The fraction of sp³-hybridized carbons (Fsp3) is 0.500. The quantitative estimate of drug-likeness (QED) is 0.720. The molecule has 0 bridgehead atoms. The first-order valence-electron chi connectivity index (χ1n) is 3.37. The second-order valence-corrected chi connectivity index (χ2v) is 4.90. The van der Waals surface area contributed by atoms with Gasteiger partial charge in [0.15, 0.2) is 9.84 Å². The van der Waals surface area contributed by atoms with Crippen molar-refractivity contribution in [2.75, 3.05) is 12.0 Å². The molecule has 1 heterocycles. The summed E-state index contributed by atoms with van der Waals surface area (Å²) in [4.78, 5) is 0.254. The lowest BCUT2D eigenvalue weighted by Gasteiger charge is -1.94. The normalized spacial score (nSPS) is 11.8. The van der Waals surface area contributed by atoms with E-state index in [2.05, 4.69) is 17.7 Å². The Hall–Kier alpha value is -0.490. The first-order chi connectivity index (χ1) is 5.54. The Labute approximate surface area is 76.9 Å². The van der Waals surface area contributed by atoms with Crippen LogP contribution in [0.2, 0.25) is 0 Å². The molecule has 0 amide bonds. The van der Waals surface area contributed by atoms with Gasteiger partial charge in [-0.3, -0.25) is 4.68 Å². The van der Waals surface area contributed by atoms with E-state index in [-0.39, 0.29) is 4.90 Å². The number of nitrogens with zero attached hydrogens (tertiary/aromatic N) is 2. The molecule has 0 aliphatic heterocycles. The van der Waals surface area contributed by atoms with Crippen LogP contribution >= 0.6 is 12.6 Å². The molecule has 0 aliphatic rings. The number of aryl methyl sites for hydroxylation is 1. The molecule has 4 nitrogen and oxygen atoms in total. The summed E-state index contributed by atoms with van der Waals surface area (Å²) in [5.41, 5.74) is 0. The van der Waals surface area contributed by atoms with Gasteiger partial charge in [0.05, 0.1) is 6.20 Å². The van der Waals surface area contributed by atoms with Gasteiger partial charge in [-0.15, -0.1) is 0 Å². The number of aromatic nitrogens is 2. The Morgan fingerprint density at radius 1 is 1.67 bits per heavy atom. The molecular formula is C6H10N2O2S2. The van der Waals surface area contributed by atoms with E-state index in [0.29, 0.717) is 12.3 Å². The summed E-state index contributed by atoms with van der Waals surface area (Å²) in [7, 11) is -3.11. The minimum Gasteiger partial charge on any atom is -0.271 e. The Morgan fingerprint density at radius 2 is 2.33 bits per heavy atom. The van der Waals surface area contributed by atoms with Gasteiger partial charge in [-0.2, -0.15) is 17.7 Å². The average Bonchev–Trinajstić information content (AvgIpc) is 2.35. The summed E-state index contributed by atoms with van der Waals surface area (Å²) in [6.45, 7) is 0.624. The Kier molecular flexibility index (Phi) is 2.79. The smallest absolute Gasteiger partial charge is 0.178 e. The van der Waals surface area contributed by atoms with E-state index < -0.39 is 9.84 Å². The molecule has 0 aromatic carbocycles. The molecule has 1 rings (SSSR count). The van der Waals surface area contributed by atoms with Gasteiger partial charge in [0.25, 0.3) is 0 Å². The van der Waals surface area contributed by atoms with Gasteiger partial charge in [0.1, 0.15) is 4.90 Å². The fourth-order valence-corrected chi connectivity index (χ4v) is 1.52. The summed E-state index contributed by atoms with van der Waals surface area (Å²) in [6.07, 6.45) is 4.01. The van der Waals surface area contributed by atoms with E-state index in [4.69, 9.17) is 0 Å². The van der Waals surface area contributed by atoms with Crippen LogP contribution in [-0.2, 0) is 16.4 Å². The van der Waals surface area contributed by atoms with Crippen LogP contribution in [0.4, 0.5) is 0 Å². The molecule has 1 aromatic rings. The summed E-state index contributed by atoms with van der Waals surface area (Å²) in [5.74, 6) is 0.644. The number of thiol groups is 1. The molecule has 0 radical (unpaired) electrons. The Bertz CT molecular complexity index is 355. The molecule has 0 N–H and O–H groups in total. The minimum atomic E-state index is -3.11. The maximum absolute atomic E-state index is 11.0. The average molecular weight is 206 g/mol. The van der Waals surface area contributed by atoms with E-state index >= 15 is 0 Å². The van der Waals surface area contributed by atoms with Crippen molar-refractivity contribution in [2.24, 2.45) is 0 Å². The van der Waals surface area contributed by atoms with Crippen LogP contribution in [0.15, 0.2) is 17.3 Å². The summed E-state index contributed by atoms with van der Waals surface area (Å²) >= 11 is 4.00. The molecule has 0 spiro atoms. The highest BCUT2D eigenvalue weighted by molar-refractivity contribution is 7.90. The van der Waals surface area contributed by atoms with Crippen LogP contribution in [0.1, 0.15) is 0 Å². The van der Waals surface area contributed by atoms with E-state index in [1.165, 1.54) is 12.4 Å². The predicted octanol–water partition coefficient (Wildman–Crippen LogP) is 0.216. The van der Waals surface area contributed by atoms with Crippen LogP contribution in [0, 0.1) is 0 Å². The minimum absolute atomic E-state index is 0.254. The molecule has 0 unspecified atom stereocenters. The predicted molar refractivity (Wildman–Crippen MR) is 49.2 cm³/mol. The molecule has 0 saturated carbocycles. The molecule has 0 fully saturated rings. The molecule has 0 aliphatic carbocycles. The largest absolute Gasteiger partial charge is 0.271 e. The van der Waals surface area contributed by atoms with Crippen molar-refractivity contribution >= 4 is 22.5 Å². The van der Waals surface area contributed by atoms with Crippen molar-refractivity contribution in [3.05, 3.63) is 12.4 Å². The second kappa shape index (κ2) is 3.49. The number of hydrogen-bond donors (Lipinski definition) is 1. The highest BCUT2D eigenvalue weighted by atomic mass is 32.2. The van der Waals surface area contributed by atoms with Crippen LogP contribution in [0.3, 0.4) is 0 Å². The molecule has 68 valence electrons. The topological polar surface area (TPSA) is 52.0 Å². The van der Waals surface area contributed by atoms with Gasteiger partial charge < -0.3 is 0 Å². The second-order valence-electron chi connectivity index (χ2n) is 2.43. The lowest BCUT2D eigenvalue weighted by Crippen LogP contribution is -1.99. The van der Waals surface area contributed by atoms with Gasteiger partial charge in [0.2, 0.25) is 0 Å². The van der Waals surface area contributed by atoms with Gasteiger partial charge >= 0.3 is 0 Å². The van der Waals surface area contributed by atoms with Crippen molar-refractivity contribution in [1.29, 1.82) is 0 Å². The third-order valence-electron chi connectivity index (χ3n) is 1.37. The van der Waals surface area contributed by atoms with Crippen molar-refractivity contribution in [3.63, 3.8) is 0 Å². The zero-order valence-corrected chi connectivity index (χ0v) is 8.35. The maximum Gasteiger partial charge on any atom is 0.178 e. The van der Waals surface area contributed by atoms with Crippen molar-refractivity contribution in [3.8, 4) is 0 Å². The molecule has 0 saturated heterocycles. The van der Waals surface area contributed by atoms with Crippen molar-refractivity contribution in [2.45, 2.75) is 11.4 Å². The Balaban J connectivity index is 2.92. The number of rotatable bonds is 3. The first-order valence-corrected chi connectivity index (χ1v) is 5.90. The van der Waals surface area contributed by atoms with E-state index in [1.807, 2.05) is 0 Å². The highest BCUT2D eigenvalue weighted by Crippen LogP contribution is 2.05. The number of sulfone groups is 1. The highest BCUT2D eigenvalue weighted by Gasteiger charge is 2.08. The van der Waals surface area contributed by atoms with Crippen molar-refractivity contribution < 1.29 is 8.42 Å². The van der Waals surface area contributed by atoms with Crippen LogP contribution < -0.4 is 0 Å². The van der Waals surface area contributed by atoms with E-state index in [9.17, 15) is 8.42 Å². The molecule has 1 aromatic heterocycles. The standard InChI is InChI=1S/C6H10N2O2S2/c1-12(9,10)6-4-7-8(5-6)2-3-11/h4-5,11H,2-3H2,1H3. The number of hydrogen-bond acceptors (Lipinski definition) is 4. The first kappa shape index (κ1) is 9.60. The van der Waals surface area contributed by atoms with Crippen LogP contribution in [-0.4, -0.2) is 30.2 Å². The van der Waals surface area contributed by atoms with Crippen LogP contribution in [0.5, 0.6) is 0 Å². The Morgan fingerprint density at radius 3 is 2.75 bits per heavy atom. The van der Waals surface area contributed by atoms with E-state index in [1.54, 1.807) is 4.68 Å². The van der Waals surface area contributed by atoms with E-state index in [0.717, 1.165) is 6.26 Å². The van der Waals surface area contributed by atoms with Crippen molar-refractivity contribution in [1.82, 2.24) is 9.78 Å². The zero-order chi connectivity index (χ0) is 9.19. The lowest BCUT2D eigenvalue weighted by atomic mass is 10.7. The molecule has 6 heteroatoms. The molecule has 12 heavy (non-hydrogen) atoms. The lowest BCUT2D eigenvalue weighted by molar-refractivity contribution is 0.601. The monoisotopic (exact) mass is 206 g/mol. The third kappa shape index (κ3) is 2.25. The SMILES string of the molecule is CS(=O)(=O)c1cnn(CCS)c1. The summed E-state index contributed by atoms with van der Waals surface area (Å²) in [6, 6.07) is 0. The van der Waals surface area contributed by atoms with Gasteiger partial charge in [0, 0.05) is 24.8 Å².